The first-order chi connectivity index (χ1) is 17.0. The second kappa shape index (κ2) is 9.97. The summed E-state index contributed by atoms with van der Waals surface area (Å²) in [6.07, 6.45) is 13.8. The Balaban J connectivity index is 1.45. The average Bonchev–Trinajstić information content (AvgIpc) is 3.32. The highest BCUT2D eigenvalue weighted by Crippen LogP contribution is 2.30. The van der Waals surface area contributed by atoms with E-state index in [0.717, 1.165) is 51.4 Å². The van der Waals surface area contributed by atoms with Crippen molar-refractivity contribution in [3.05, 3.63) is 57.3 Å². The van der Waals surface area contributed by atoms with Crippen LogP contribution in [0.2, 0.25) is 0 Å². The maximum absolute atomic E-state index is 13.6. The van der Waals surface area contributed by atoms with Crippen molar-refractivity contribution in [1.82, 2.24) is 24.2 Å². The Morgan fingerprint density at radius 3 is 2.29 bits per heavy atom. The van der Waals surface area contributed by atoms with Gasteiger partial charge in [0.25, 0.3) is 11.2 Å². The molecule has 1 aromatic carbocycles. The van der Waals surface area contributed by atoms with E-state index in [-0.39, 0.29) is 52.5 Å². The largest absolute Gasteiger partial charge is 0.335 e. The summed E-state index contributed by atoms with van der Waals surface area (Å²) in [6, 6.07) is 6.67. The number of nitro benzene ring substituents is 1. The van der Waals surface area contributed by atoms with Crippen molar-refractivity contribution in [2.75, 3.05) is 0 Å². The molecule has 0 atom stereocenters. The third kappa shape index (κ3) is 4.56. The maximum atomic E-state index is 13.6. The van der Waals surface area contributed by atoms with Crippen LogP contribution >= 0.6 is 0 Å². The van der Waals surface area contributed by atoms with E-state index in [1.54, 1.807) is 18.2 Å². The molecule has 0 unspecified atom stereocenters. The first-order valence-electron chi connectivity index (χ1n) is 12.5. The van der Waals surface area contributed by atoms with Gasteiger partial charge in [0.05, 0.1) is 11.1 Å². The lowest BCUT2D eigenvalue weighted by molar-refractivity contribution is -0.384. The van der Waals surface area contributed by atoms with Crippen molar-refractivity contribution in [3.8, 4) is 5.69 Å². The van der Waals surface area contributed by atoms with Crippen LogP contribution in [0.25, 0.3) is 16.7 Å². The molecular formula is C25H30N6O4. The summed E-state index contributed by atoms with van der Waals surface area (Å²) >= 11 is 0. The molecule has 0 bridgehead atoms. The number of hydrogen-bond acceptors (Lipinski definition) is 6. The molecule has 2 fully saturated rings. The molecule has 0 N–H and O–H groups in total. The average molecular weight is 479 g/mol. The molecular weight excluding hydrogens is 448 g/mol. The van der Waals surface area contributed by atoms with E-state index in [2.05, 4.69) is 15.0 Å². The fourth-order valence-corrected chi connectivity index (χ4v) is 5.69. The monoisotopic (exact) mass is 478 g/mol. The molecule has 0 spiro atoms. The molecule has 2 heterocycles. The third-order valence-corrected chi connectivity index (χ3v) is 7.39. The standard InChI is InChI=1S/C25H30N6O4/c32-23(29(18-9-3-1-4-10-18)19-11-5-2-6-12-19)16-28-17-26-24-20(25(28)33)15-27-30(24)21-13-7-8-14-22(21)31(34)35/h7-8,13-15,17-19H,1-6,9-12,16H2. The van der Waals surface area contributed by atoms with E-state index in [1.807, 2.05) is 0 Å². The Morgan fingerprint density at radius 1 is 1.03 bits per heavy atom. The number of hydrogen-bond donors (Lipinski definition) is 0. The van der Waals surface area contributed by atoms with Crippen LogP contribution in [-0.4, -0.2) is 47.1 Å². The SMILES string of the molecule is O=C(Cn1cnc2c(cnn2-c2ccccc2[N+](=O)[O-])c1=O)N(C1CCCCC1)C1CCCCC1. The topological polar surface area (TPSA) is 116 Å². The number of para-hydroxylation sites is 2. The van der Waals surface area contributed by atoms with Gasteiger partial charge >= 0.3 is 0 Å². The van der Waals surface area contributed by atoms with Gasteiger partial charge in [0.2, 0.25) is 5.91 Å². The van der Waals surface area contributed by atoms with Gasteiger partial charge in [-0.2, -0.15) is 5.10 Å². The number of nitrogens with zero attached hydrogens (tertiary/aromatic N) is 6. The number of rotatable bonds is 6. The molecule has 0 aliphatic heterocycles. The minimum atomic E-state index is -0.492. The van der Waals surface area contributed by atoms with E-state index in [9.17, 15) is 19.7 Å². The summed E-state index contributed by atoms with van der Waals surface area (Å²) < 4.78 is 2.64. The summed E-state index contributed by atoms with van der Waals surface area (Å²) in [4.78, 5) is 44.3. The van der Waals surface area contributed by atoms with Gasteiger partial charge in [-0.3, -0.25) is 24.3 Å². The van der Waals surface area contributed by atoms with Crippen molar-refractivity contribution in [2.24, 2.45) is 0 Å². The molecule has 35 heavy (non-hydrogen) atoms. The summed E-state index contributed by atoms with van der Waals surface area (Å²) in [5.74, 6) is -0.0295. The van der Waals surface area contributed by atoms with E-state index in [0.29, 0.717) is 0 Å². The van der Waals surface area contributed by atoms with Gasteiger partial charge in [-0.15, -0.1) is 0 Å². The Labute approximate surface area is 202 Å². The molecule has 1 amide bonds. The van der Waals surface area contributed by atoms with Gasteiger partial charge < -0.3 is 4.90 Å². The van der Waals surface area contributed by atoms with Gasteiger partial charge in [0.1, 0.15) is 23.9 Å². The van der Waals surface area contributed by atoms with Crippen molar-refractivity contribution >= 4 is 22.6 Å². The van der Waals surface area contributed by atoms with Crippen LogP contribution in [0.15, 0.2) is 41.6 Å². The molecule has 0 saturated heterocycles. The number of nitro groups is 1. The predicted octanol–water partition coefficient (Wildman–Crippen LogP) is 3.98. The van der Waals surface area contributed by atoms with Crippen molar-refractivity contribution < 1.29 is 9.72 Å². The van der Waals surface area contributed by atoms with Crippen molar-refractivity contribution in [1.29, 1.82) is 0 Å². The maximum Gasteiger partial charge on any atom is 0.294 e. The van der Waals surface area contributed by atoms with Crippen LogP contribution in [0.4, 0.5) is 5.69 Å². The Bertz CT molecular complexity index is 1270. The highest BCUT2D eigenvalue weighted by molar-refractivity contribution is 5.79. The first-order valence-corrected chi connectivity index (χ1v) is 12.5. The summed E-state index contributed by atoms with van der Waals surface area (Å²) in [6.45, 7) is -0.0640. The number of amides is 1. The molecule has 2 aliphatic carbocycles. The van der Waals surface area contributed by atoms with E-state index < -0.39 is 4.92 Å². The lowest BCUT2D eigenvalue weighted by Crippen LogP contribution is -2.50. The van der Waals surface area contributed by atoms with Crippen LogP contribution in [0.3, 0.4) is 0 Å². The Kier molecular flexibility index (Phi) is 6.61. The smallest absolute Gasteiger partial charge is 0.294 e. The highest BCUT2D eigenvalue weighted by atomic mass is 16.6. The number of aromatic nitrogens is 4. The van der Waals surface area contributed by atoms with Crippen molar-refractivity contribution in [3.63, 3.8) is 0 Å². The zero-order chi connectivity index (χ0) is 24.4. The van der Waals surface area contributed by atoms with Gasteiger partial charge in [0.15, 0.2) is 5.65 Å². The lowest BCUT2D eigenvalue weighted by atomic mass is 9.88. The molecule has 2 aromatic heterocycles. The minimum absolute atomic E-state index is 0.0295. The van der Waals surface area contributed by atoms with Gasteiger partial charge in [-0.1, -0.05) is 50.7 Å². The molecule has 10 heteroatoms. The molecule has 10 nitrogen and oxygen atoms in total. The third-order valence-electron chi connectivity index (χ3n) is 7.39. The van der Waals surface area contributed by atoms with Crippen molar-refractivity contribution in [2.45, 2.75) is 82.8 Å². The summed E-state index contributed by atoms with van der Waals surface area (Å²) in [5.41, 5.74) is -0.0481. The van der Waals surface area contributed by atoms with Gasteiger partial charge in [-0.05, 0) is 31.7 Å². The van der Waals surface area contributed by atoms with Gasteiger partial charge in [0, 0.05) is 18.2 Å². The zero-order valence-corrected chi connectivity index (χ0v) is 19.7. The number of carbonyl (C=O) groups excluding carboxylic acids is 1. The van der Waals surface area contributed by atoms with Gasteiger partial charge in [-0.25, -0.2) is 9.67 Å². The molecule has 0 radical (unpaired) electrons. The quantitative estimate of drug-likeness (QED) is 0.391. The summed E-state index contributed by atoms with van der Waals surface area (Å²) in [7, 11) is 0. The number of benzene rings is 1. The second-order valence-corrected chi connectivity index (χ2v) is 9.60. The Morgan fingerprint density at radius 2 is 1.66 bits per heavy atom. The van der Waals surface area contributed by atoms with E-state index in [1.165, 1.54) is 40.7 Å². The molecule has 5 rings (SSSR count). The normalized spacial score (nSPS) is 17.5. The fourth-order valence-electron chi connectivity index (χ4n) is 5.69. The number of carbonyl (C=O) groups is 1. The minimum Gasteiger partial charge on any atom is -0.335 e. The Hall–Kier alpha value is -3.56. The lowest BCUT2D eigenvalue weighted by Gasteiger charge is -2.42. The van der Waals surface area contributed by atoms with Crippen LogP contribution in [0.1, 0.15) is 64.2 Å². The molecule has 2 aliphatic rings. The summed E-state index contributed by atoms with van der Waals surface area (Å²) in [5, 5.41) is 15.9. The number of fused-ring (bicyclic) bond motifs is 1. The fraction of sp³-hybridized carbons (Fsp3) is 0.520. The zero-order valence-electron chi connectivity index (χ0n) is 19.7. The molecule has 184 valence electrons. The van der Waals surface area contributed by atoms with Crippen LogP contribution in [0.5, 0.6) is 0 Å². The van der Waals surface area contributed by atoms with Crippen LogP contribution in [0, 0.1) is 10.1 Å². The van der Waals surface area contributed by atoms with Crippen LogP contribution in [-0.2, 0) is 11.3 Å². The first kappa shape index (κ1) is 23.2. The van der Waals surface area contributed by atoms with Crippen LogP contribution < -0.4 is 5.56 Å². The molecule has 2 saturated carbocycles. The molecule has 3 aromatic rings. The van der Waals surface area contributed by atoms with E-state index in [4.69, 9.17) is 0 Å². The van der Waals surface area contributed by atoms with E-state index >= 15 is 0 Å². The highest BCUT2D eigenvalue weighted by Gasteiger charge is 2.32. The second-order valence-electron chi connectivity index (χ2n) is 9.60. The predicted molar refractivity (Wildman–Crippen MR) is 130 cm³/mol.